The van der Waals surface area contributed by atoms with E-state index in [2.05, 4.69) is 9.71 Å². The van der Waals surface area contributed by atoms with Crippen LogP contribution >= 0.6 is 0 Å². The number of ether oxygens (including phenoxy) is 1. The van der Waals surface area contributed by atoms with Gasteiger partial charge in [0.1, 0.15) is 28.4 Å². The van der Waals surface area contributed by atoms with Crippen LogP contribution < -0.4 is 4.72 Å². The highest BCUT2D eigenvalue weighted by Gasteiger charge is 2.25. The molecule has 0 saturated carbocycles. The fraction of sp³-hybridized carbons (Fsp3) is 0.120. The van der Waals surface area contributed by atoms with Crippen LogP contribution in [0.5, 0.6) is 0 Å². The van der Waals surface area contributed by atoms with E-state index in [1.165, 1.54) is 6.07 Å². The fourth-order valence-electron chi connectivity index (χ4n) is 4.08. The third-order valence-electron chi connectivity index (χ3n) is 5.53. The van der Waals surface area contributed by atoms with Gasteiger partial charge in [-0.1, -0.05) is 42.5 Å². The summed E-state index contributed by atoms with van der Waals surface area (Å²) >= 11 is 0. The second kappa shape index (κ2) is 8.44. The number of pyridine rings is 1. The number of nitrogens with zero attached hydrogens (tertiary/aromatic N) is 1. The first-order valence-electron chi connectivity index (χ1n) is 10.5. The third-order valence-corrected chi connectivity index (χ3v) is 6.93. The number of esters is 1. The molecular formula is C25H20N2O6S. The summed E-state index contributed by atoms with van der Waals surface area (Å²) in [4.78, 5) is 17.0. The maximum absolute atomic E-state index is 13.5. The van der Waals surface area contributed by atoms with E-state index in [0.29, 0.717) is 38.4 Å². The van der Waals surface area contributed by atoms with Crippen molar-refractivity contribution < 1.29 is 27.5 Å². The smallest absolute Gasteiger partial charge is 0.342 e. The first-order chi connectivity index (χ1) is 16.4. The second-order valence-electron chi connectivity index (χ2n) is 7.68. The monoisotopic (exact) mass is 476 g/mol. The summed E-state index contributed by atoms with van der Waals surface area (Å²) in [6.07, 6.45) is 1.54. The summed E-state index contributed by atoms with van der Waals surface area (Å²) in [6.45, 7) is 1.16. The lowest BCUT2D eigenvalue weighted by Crippen LogP contribution is -2.14. The number of aliphatic hydroxyl groups excluding tert-OH is 1. The Hall–Kier alpha value is -3.95. The molecule has 0 radical (unpaired) electrons. The van der Waals surface area contributed by atoms with Crippen LogP contribution in [0.2, 0.25) is 0 Å². The molecule has 172 valence electrons. The van der Waals surface area contributed by atoms with Crippen molar-refractivity contribution in [3.63, 3.8) is 0 Å². The molecule has 2 aromatic heterocycles. The van der Waals surface area contributed by atoms with Gasteiger partial charge in [0.2, 0.25) is 0 Å². The van der Waals surface area contributed by atoms with Crippen molar-refractivity contribution in [3.05, 3.63) is 78.2 Å². The quantitative estimate of drug-likeness (QED) is 0.349. The molecule has 5 rings (SSSR count). The van der Waals surface area contributed by atoms with Gasteiger partial charge in [-0.25, -0.2) is 13.2 Å². The topological polar surface area (TPSA) is 119 Å². The van der Waals surface area contributed by atoms with Gasteiger partial charge in [0.15, 0.2) is 0 Å². The Morgan fingerprint density at radius 3 is 2.62 bits per heavy atom. The summed E-state index contributed by atoms with van der Waals surface area (Å²) in [5, 5.41) is 11.4. The van der Waals surface area contributed by atoms with Crippen molar-refractivity contribution in [1.82, 2.24) is 4.98 Å². The highest BCUT2D eigenvalue weighted by atomic mass is 32.2. The fourth-order valence-corrected chi connectivity index (χ4v) is 5.33. The number of hydrogen-bond donors (Lipinski definition) is 2. The van der Waals surface area contributed by atoms with Gasteiger partial charge in [-0.15, -0.1) is 0 Å². The van der Waals surface area contributed by atoms with Crippen LogP contribution in [0.15, 0.2) is 76.2 Å². The van der Waals surface area contributed by atoms with Crippen LogP contribution in [0.25, 0.3) is 32.6 Å². The molecule has 2 N–H and O–H groups in total. The normalized spacial score (nSPS) is 11.8. The number of benzene rings is 3. The van der Waals surface area contributed by atoms with Crippen molar-refractivity contribution >= 4 is 54.3 Å². The molecule has 0 aliphatic heterocycles. The van der Waals surface area contributed by atoms with E-state index in [0.717, 1.165) is 0 Å². The van der Waals surface area contributed by atoms with Crippen LogP contribution in [0.3, 0.4) is 0 Å². The van der Waals surface area contributed by atoms with Gasteiger partial charge in [-0.2, -0.15) is 0 Å². The molecule has 8 nitrogen and oxygen atoms in total. The molecule has 34 heavy (non-hydrogen) atoms. The molecule has 0 fully saturated rings. The van der Waals surface area contributed by atoms with Gasteiger partial charge in [-0.05, 0) is 25.1 Å². The molecule has 0 amide bonds. The predicted molar refractivity (Wildman–Crippen MR) is 128 cm³/mol. The standard InChI is InChI=1S/C25H20N2O6S/c1-15-22(25(29)32-13-12-28)19-14-20(17-8-2-3-9-18(17)24(19)33-15)27-34(30,31)21-10-4-6-16-7-5-11-26-23(16)21/h2-11,14,27-28H,12-13H2,1H3. The summed E-state index contributed by atoms with van der Waals surface area (Å²) in [6, 6.07) is 17.2. The molecule has 0 atom stereocenters. The number of fused-ring (bicyclic) bond motifs is 4. The lowest BCUT2D eigenvalue weighted by molar-refractivity contribution is 0.0434. The van der Waals surface area contributed by atoms with Crippen molar-refractivity contribution in [2.24, 2.45) is 0 Å². The zero-order chi connectivity index (χ0) is 23.9. The lowest BCUT2D eigenvalue weighted by Gasteiger charge is -2.13. The van der Waals surface area contributed by atoms with E-state index >= 15 is 0 Å². The van der Waals surface area contributed by atoms with Gasteiger partial charge < -0.3 is 14.3 Å². The number of para-hydroxylation sites is 1. The first-order valence-corrected chi connectivity index (χ1v) is 12.0. The number of aryl methyl sites for hydroxylation is 1. The third kappa shape index (κ3) is 3.64. The number of aromatic nitrogens is 1. The number of furan rings is 1. The maximum atomic E-state index is 13.5. The zero-order valence-corrected chi connectivity index (χ0v) is 18.9. The number of carbonyl (C=O) groups excluding carboxylic acids is 1. The molecule has 3 aromatic carbocycles. The van der Waals surface area contributed by atoms with Gasteiger partial charge in [0.05, 0.1) is 17.8 Å². The molecule has 0 aliphatic rings. The van der Waals surface area contributed by atoms with Gasteiger partial charge in [0.25, 0.3) is 10.0 Å². The Bertz CT molecular complexity index is 1670. The van der Waals surface area contributed by atoms with E-state index in [1.54, 1.807) is 67.7 Å². The number of anilines is 1. The van der Waals surface area contributed by atoms with Crippen LogP contribution in [0, 0.1) is 6.92 Å². The lowest BCUT2D eigenvalue weighted by atomic mass is 10.0. The van der Waals surface area contributed by atoms with Crippen molar-refractivity contribution in [3.8, 4) is 0 Å². The predicted octanol–water partition coefficient (Wildman–Crippen LogP) is 4.39. The molecule has 2 heterocycles. The number of rotatable bonds is 6. The van der Waals surface area contributed by atoms with Crippen molar-refractivity contribution in [1.29, 1.82) is 0 Å². The molecular weight excluding hydrogens is 456 g/mol. The van der Waals surface area contributed by atoms with E-state index < -0.39 is 16.0 Å². The minimum atomic E-state index is -4.03. The molecule has 0 bridgehead atoms. The average molecular weight is 477 g/mol. The Morgan fingerprint density at radius 2 is 1.82 bits per heavy atom. The Kier molecular flexibility index (Phi) is 5.43. The summed E-state index contributed by atoms with van der Waals surface area (Å²) in [5.41, 5.74) is 1.27. The Labute approximate surface area is 194 Å². The molecule has 0 aliphatic carbocycles. The van der Waals surface area contributed by atoms with Crippen LogP contribution in [0.4, 0.5) is 5.69 Å². The number of hydrogen-bond acceptors (Lipinski definition) is 7. The molecule has 0 spiro atoms. The Morgan fingerprint density at radius 1 is 1.06 bits per heavy atom. The van der Waals surface area contributed by atoms with E-state index in [-0.39, 0.29) is 29.4 Å². The van der Waals surface area contributed by atoms with Gasteiger partial charge in [0, 0.05) is 27.7 Å². The maximum Gasteiger partial charge on any atom is 0.342 e. The average Bonchev–Trinajstić information content (AvgIpc) is 3.18. The molecule has 5 aromatic rings. The highest BCUT2D eigenvalue weighted by Crippen LogP contribution is 2.38. The van der Waals surface area contributed by atoms with Gasteiger partial charge >= 0.3 is 5.97 Å². The minimum Gasteiger partial charge on any atom is -0.460 e. The van der Waals surface area contributed by atoms with E-state index in [4.69, 9.17) is 14.3 Å². The number of nitrogens with one attached hydrogen (secondary N) is 1. The number of aliphatic hydroxyl groups is 1. The van der Waals surface area contributed by atoms with Gasteiger partial charge in [-0.3, -0.25) is 9.71 Å². The van der Waals surface area contributed by atoms with Crippen molar-refractivity contribution in [2.45, 2.75) is 11.8 Å². The first kappa shape index (κ1) is 21.9. The SMILES string of the molecule is Cc1oc2c(cc(NS(=O)(=O)c3cccc4cccnc34)c3ccccc32)c1C(=O)OCCO. The largest absolute Gasteiger partial charge is 0.460 e. The van der Waals surface area contributed by atoms with E-state index in [1.807, 2.05) is 0 Å². The second-order valence-corrected chi connectivity index (χ2v) is 9.33. The number of sulfonamides is 1. The van der Waals surface area contributed by atoms with Crippen LogP contribution in [-0.2, 0) is 14.8 Å². The number of carbonyl (C=O) groups is 1. The minimum absolute atomic E-state index is 0.0423. The van der Waals surface area contributed by atoms with Crippen LogP contribution in [-0.4, -0.2) is 37.7 Å². The molecule has 9 heteroatoms. The van der Waals surface area contributed by atoms with E-state index in [9.17, 15) is 13.2 Å². The van der Waals surface area contributed by atoms with Crippen molar-refractivity contribution in [2.75, 3.05) is 17.9 Å². The summed E-state index contributed by atoms with van der Waals surface area (Å²) in [7, 11) is -4.03. The summed E-state index contributed by atoms with van der Waals surface area (Å²) < 4.78 is 40.6. The molecule has 0 unspecified atom stereocenters. The highest BCUT2D eigenvalue weighted by molar-refractivity contribution is 7.93. The Balaban J connectivity index is 1.70. The zero-order valence-electron chi connectivity index (χ0n) is 18.1. The molecule has 0 saturated heterocycles. The summed E-state index contributed by atoms with van der Waals surface area (Å²) in [5.74, 6) is -0.325. The van der Waals surface area contributed by atoms with Crippen LogP contribution in [0.1, 0.15) is 16.1 Å².